The molecule has 0 atom stereocenters. The predicted molar refractivity (Wildman–Crippen MR) is 84.9 cm³/mol. The molecule has 1 fully saturated rings. The number of rotatable bonds is 6. The van der Waals surface area contributed by atoms with Crippen molar-refractivity contribution in [1.29, 1.82) is 0 Å². The second-order valence-corrected chi connectivity index (χ2v) is 5.95. The number of carbonyl (C=O) groups is 1. The molecular formula is C17H26N2O2. The van der Waals surface area contributed by atoms with Crippen LogP contribution in [0.5, 0.6) is 5.75 Å². The molecule has 4 heteroatoms. The van der Waals surface area contributed by atoms with Crippen LogP contribution in [0.15, 0.2) is 18.2 Å². The molecule has 1 aromatic carbocycles. The molecule has 0 aliphatic carbocycles. The average Bonchev–Trinajstić information content (AvgIpc) is 2.49. The van der Waals surface area contributed by atoms with E-state index in [1.165, 1.54) is 12.8 Å². The van der Waals surface area contributed by atoms with Gasteiger partial charge in [0.1, 0.15) is 5.75 Å². The minimum atomic E-state index is 0.150. The van der Waals surface area contributed by atoms with Gasteiger partial charge in [0.15, 0.2) is 5.78 Å². The summed E-state index contributed by atoms with van der Waals surface area (Å²) in [4.78, 5) is 14.8. The number of nitrogens with one attached hydrogen (secondary N) is 1. The molecule has 0 saturated carbocycles. The fraction of sp³-hybridized carbons (Fsp3) is 0.588. The summed E-state index contributed by atoms with van der Waals surface area (Å²) in [6.45, 7) is 5.59. The third-order valence-corrected chi connectivity index (χ3v) is 4.19. The van der Waals surface area contributed by atoms with E-state index in [-0.39, 0.29) is 5.78 Å². The van der Waals surface area contributed by atoms with Crippen LogP contribution < -0.4 is 10.1 Å². The fourth-order valence-electron chi connectivity index (χ4n) is 2.79. The number of piperidine rings is 1. The van der Waals surface area contributed by atoms with E-state index < -0.39 is 0 Å². The van der Waals surface area contributed by atoms with Crippen LogP contribution in [0.3, 0.4) is 0 Å². The number of methoxy groups -OCH3 is 1. The van der Waals surface area contributed by atoms with Gasteiger partial charge in [-0.1, -0.05) is 13.0 Å². The van der Waals surface area contributed by atoms with Crippen LogP contribution in [0.2, 0.25) is 0 Å². The molecule has 0 aromatic heterocycles. The molecule has 4 nitrogen and oxygen atoms in total. The Morgan fingerprint density at radius 3 is 2.71 bits per heavy atom. The SMILES string of the molecule is CNCc1ccc(C(=O)CN2CCC(C)CC2)c(OC)c1. The van der Waals surface area contributed by atoms with E-state index in [1.807, 2.05) is 25.2 Å². The Morgan fingerprint density at radius 1 is 1.38 bits per heavy atom. The summed E-state index contributed by atoms with van der Waals surface area (Å²) in [7, 11) is 3.53. The van der Waals surface area contributed by atoms with Crippen LogP contribution in [0.1, 0.15) is 35.7 Å². The molecule has 0 radical (unpaired) electrons. The van der Waals surface area contributed by atoms with Crippen LogP contribution in [0.4, 0.5) is 0 Å². The highest BCUT2D eigenvalue weighted by molar-refractivity contribution is 6.00. The van der Waals surface area contributed by atoms with Gasteiger partial charge in [0.25, 0.3) is 0 Å². The van der Waals surface area contributed by atoms with E-state index in [2.05, 4.69) is 17.1 Å². The minimum absolute atomic E-state index is 0.150. The van der Waals surface area contributed by atoms with Gasteiger partial charge in [0.2, 0.25) is 0 Å². The smallest absolute Gasteiger partial charge is 0.180 e. The number of ether oxygens (including phenoxy) is 1. The Kier molecular flexibility index (Phi) is 5.76. The number of hydrogen-bond donors (Lipinski definition) is 1. The summed E-state index contributed by atoms with van der Waals surface area (Å²) in [5.41, 5.74) is 1.81. The van der Waals surface area contributed by atoms with Gasteiger partial charge >= 0.3 is 0 Å². The molecular weight excluding hydrogens is 264 g/mol. The third kappa shape index (κ3) is 4.29. The van der Waals surface area contributed by atoms with E-state index in [0.29, 0.717) is 17.9 Å². The Morgan fingerprint density at radius 2 is 2.10 bits per heavy atom. The molecule has 116 valence electrons. The summed E-state index contributed by atoms with van der Waals surface area (Å²) in [5.74, 6) is 1.61. The van der Waals surface area contributed by atoms with Crippen molar-refractivity contribution in [2.75, 3.05) is 33.8 Å². The number of hydrogen-bond acceptors (Lipinski definition) is 4. The molecule has 0 spiro atoms. The number of ketones is 1. The third-order valence-electron chi connectivity index (χ3n) is 4.19. The highest BCUT2D eigenvalue weighted by Gasteiger charge is 2.20. The van der Waals surface area contributed by atoms with Crippen molar-refractivity contribution >= 4 is 5.78 Å². The van der Waals surface area contributed by atoms with Gasteiger partial charge in [0.05, 0.1) is 19.2 Å². The molecule has 1 N–H and O–H groups in total. The summed E-state index contributed by atoms with van der Waals surface area (Å²) >= 11 is 0. The lowest BCUT2D eigenvalue weighted by Gasteiger charge is -2.29. The normalized spacial score (nSPS) is 16.9. The van der Waals surface area contributed by atoms with E-state index in [9.17, 15) is 4.79 Å². The van der Waals surface area contributed by atoms with Crippen LogP contribution >= 0.6 is 0 Å². The zero-order valence-corrected chi connectivity index (χ0v) is 13.3. The molecule has 1 aliphatic heterocycles. The van der Waals surface area contributed by atoms with Crippen LogP contribution in [0.25, 0.3) is 0 Å². The first-order valence-corrected chi connectivity index (χ1v) is 7.71. The lowest BCUT2D eigenvalue weighted by atomic mass is 9.98. The quantitative estimate of drug-likeness (QED) is 0.817. The Labute approximate surface area is 127 Å². The highest BCUT2D eigenvalue weighted by Crippen LogP contribution is 2.22. The number of nitrogens with zero attached hydrogens (tertiary/aromatic N) is 1. The zero-order valence-electron chi connectivity index (χ0n) is 13.3. The molecule has 2 rings (SSSR count). The van der Waals surface area contributed by atoms with Gasteiger partial charge in [0, 0.05) is 6.54 Å². The maximum Gasteiger partial charge on any atom is 0.180 e. The van der Waals surface area contributed by atoms with E-state index >= 15 is 0 Å². The number of Topliss-reactive ketones (excluding diaryl/α,β-unsaturated/α-hetero) is 1. The van der Waals surface area contributed by atoms with Crippen molar-refractivity contribution in [2.24, 2.45) is 5.92 Å². The lowest BCUT2D eigenvalue weighted by Crippen LogP contribution is -2.36. The number of carbonyl (C=O) groups excluding carboxylic acids is 1. The molecule has 0 bridgehead atoms. The Hall–Kier alpha value is -1.39. The van der Waals surface area contributed by atoms with Crippen molar-refractivity contribution in [3.63, 3.8) is 0 Å². The van der Waals surface area contributed by atoms with Gasteiger partial charge in [-0.15, -0.1) is 0 Å². The van der Waals surface area contributed by atoms with Gasteiger partial charge < -0.3 is 10.1 Å². The van der Waals surface area contributed by atoms with Crippen LogP contribution in [0, 0.1) is 5.92 Å². The average molecular weight is 290 g/mol. The molecule has 0 amide bonds. The van der Waals surface area contributed by atoms with Crippen molar-refractivity contribution in [1.82, 2.24) is 10.2 Å². The van der Waals surface area contributed by atoms with E-state index in [0.717, 1.165) is 31.1 Å². The van der Waals surface area contributed by atoms with Crippen LogP contribution in [-0.2, 0) is 6.54 Å². The zero-order chi connectivity index (χ0) is 15.2. The number of benzene rings is 1. The molecule has 1 heterocycles. The van der Waals surface area contributed by atoms with E-state index in [4.69, 9.17) is 4.74 Å². The summed E-state index contributed by atoms with van der Waals surface area (Å²) in [6, 6.07) is 5.83. The Bertz CT molecular complexity index is 480. The van der Waals surface area contributed by atoms with Crippen molar-refractivity contribution in [3.8, 4) is 5.75 Å². The first-order chi connectivity index (χ1) is 10.1. The number of likely N-dealkylation sites (tertiary alicyclic amines) is 1. The first kappa shape index (κ1) is 16.0. The largest absolute Gasteiger partial charge is 0.496 e. The minimum Gasteiger partial charge on any atom is -0.496 e. The highest BCUT2D eigenvalue weighted by atomic mass is 16.5. The van der Waals surface area contributed by atoms with Gasteiger partial charge in [-0.25, -0.2) is 0 Å². The van der Waals surface area contributed by atoms with Crippen molar-refractivity contribution in [3.05, 3.63) is 29.3 Å². The maximum atomic E-state index is 12.5. The van der Waals surface area contributed by atoms with Gasteiger partial charge in [-0.3, -0.25) is 9.69 Å². The lowest BCUT2D eigenvalue weighted by molar-refractivity contribution is 0.0897. The monoisotopic (exact) mass is 290 g/mol. The maximum absolute atomic E-state index is 12.5. The van der Waals surface area contributed by atoms with Crippen molar-refractivity contribution < 1.29 is 9.53 Å². The van der Waals surface area contributed by atoms with E-state index in [1.54, 1.807) is 7.11 Å². The molecule has 1 aromatic rings. The Balaban J connectivity index is 2.04. The summed E-state index contributed by atoms with van der Waals surface area (Å²) in [5, 5.41) is 3.11. The fourth-order valence-corrected chi connectivity index (χ4v) is 2.79. The molecule has 1 saturated heterocycles. The summed E-state index contributed by atoms with van der Waals surface area (Å²) < 4.78 is 5.39. The topological polar surface area (TPSA) is 41.6 Å². The predicted octanol–water partition coefficient (Wildman–Crippen LogP) is 2.33. The standard InChI is InChI=1S/C17H26N2O2/c1-13-6-8-19(9-7-13)12-16(20)15-5-4-14(11-18-2)10-17(15)21-3/h4-5,10,13,18H,6-9,11-12H2,1-3H3. The van der Waals surface area contributed by atoms with Gasteiger partial charge in [-0.05, 0) is 56.6 Å². The second kappa shape index (κ2) is 7.57. The van der Waals surface area contributed by atoms with Crippen LogP contribution in [-0.4, -0.2) is 44.5 Å². The summed E-state index contributed by atoms with van der Waals surface area (Å²) in [6.07, 6.45) is 2.37. The molecule has 0 unspecified atom stereocenters. The van der Waals surface area contributed by atoms with Gasteiger partial charge in [-0.2, -0.15) is 0 Å². The molecule has 21 heavy (non-hydrogen) atoms. The van der Waals surface area contributed by atoms with Crippen molar-refractivity contribution in [2.45, 2.75) is 26.3 Å². The second-order valence-electron chi connectivity index (χ2n) is 5.95. The first-order valence-electron chi connectivity index (χ1n) is 7.71. The molecule has 1 aliphatic rings.